The highest BCUT2D eigenvalue weighted by atomic mass is 35.5. The predicted octanol–water partition coefficient (Wildman–Crippen LogP) is 2.93. The van der Waals surface area contributed by atoms with Crippen molar-refractivity contribution in [1.29, 1.82) is 0 Å². The molecule has 0 aliphatic heterocycles. The molecule has 6 nitrogen and oxygen atoms in total. The summed E-state index contributed by atoms with van der Waals surface area (Å²) in [6.07, 6.45) is 3.39. The number of fused-ring (bicyclic) bond motifs is 1. The second-order valence-electron chi connectivity index (χ2n) is 4.71. The second kappa shape index (κ2) is 5.73. The summed E-state index contributed by atoms with van der Waals surface area (Å²) in [5.74, 6) is -0.499. The smallest absolute Gasteiger partial charge is 0.359 e. The molecule has 3 aromatic rings. The fraction of sp³-hybridized carbons (Fsp3) is 0.200. The van der Waals surface area contributed by atoms with Crippen LogP contribution in [0.15, 0.2) is 30.6 Å². The van der Waals surface area contributed by atoms with Crippen molar-refractivity contribution in [3.05, 3.63) is 47.0 Å². The average molecular weight is 317 g/mol. The molecule has 0 aliphatic rings. The number of aromatic nitrogens is 4. The first-order valence-electron chi connectivity index (χ1n) is 6.74. The Hall–Kier alpha value is -2.47. The lowest BCUT2D eigenvalue weighted by atomic mass is 10.1. The molecule has 0 bridgehead atoms. The van der Waals surface area contributed by atoms with Gasteiger partial charge in [-0.25, -0.2) is 14.3 Å². The molecule has 0 aromatic carbocycles. The summed E-state index contributed by atoms with van der Waals surface area (Å²) in [6.45, 7) is 3.93. The third-order valence-corrected chi connectivity index (χ3v) is 3.26. The molecule has 112 valence electrons. The Labute approximate surface area is 131 Å². The normalized spacial score (nSPS) is 10.9. The van der Waals surface area contributed by atoms with E-state index in [1.807, 2.05) is 13.0 Å². The Kier molecular flexibility index (Phi) is 3.77. The van der Waals surface area contributed by atoms with Crippen molar-refractivity contribution >= 4 is 23.2 Å². The summed E-state index contributed by atoms with van der Waals surface area (Å²) in [5.41, 5.74) is 2.93. The topological polar surface area (TPSA) is 69.4 Å². The minimum atomic E-state index is -0.499. The number of hydrogen-bond donors (Lipinski definition) is 0. The van der Waals surface area contributed by atoms with Gasteiger partial charge in [-0.05, 0) is 37.6 Å². The lowest BCUT2D eigenvalue weighted by Crippen LogP contribution is -2.11. The van der Waals surface area contributed by atoms with Crippen molar-refractivity contribution in [1.82, 2.24) is 19.6 Å². The molecular formula is C15H13ClN4O2. The van der Waals surface area contributed by atoms with Gasteiger partial charge >= 0.3 is 5.97 Å². The van der Waals surface area contributed by atoms with Gasteiger partial charge in [-0.3, -0.25) is 4.98 Å². The van der Waals surface area contributed by atoms with Crippen LogP contribution < -0.4 is 0 Å². The van der Waals surface area contributed by atoms with E-state index in [1.165, 1.54) is 4.52 Å². The summed E-state index contributed by atoms with van der Waals surface area (Å²) >= 11 is 5.93. The van der Waals surface area contributed by atoms with Crippen molar-refractivity contribution in [3.8, 4) is 11.3 Å². The highest BCUT2D eigenvalue weighted by Crippen LogP contribution is 2.25. The number of imidazole rings is 1. The van der Waals surface area contributed by atoms with Crippen molar-refractivity contribution in [2.24, 2.45) is 0 Å². The molecule has 3 heterocycles. The minimum absolute atomic E-state index is 0.242. The number of esters is 1. The van der Waals surface area contributed by atoms with Crippen LogP contribution in [0.5, 0.6) is 0 Å². The van der Waals surface area contributed by atoms with Crippen molar-refractivity contribution in [2.45, 2.75) is 13.8 Å². The number of pyridine rings is 1. The van der Waals surface area contributed by atoms with E-state index < -0.39 is 5.97 Å². The van der Waals surface area contributed by atoms with Gasteiger partial charge in [0.05, 0.1) is 6.61 Å². The third kappa shape index (κ3) is 2.53. The standard InChI is InChI=1S/C15H13ClN4O2/c1-3-22-15(21)14-13(10-6-9(2)7-17-8-10)18-12-5-4-11(16)19-20(12)14/h4-8H,3H2,1-2H3. The van der Waals surface area contributed by atoms with Gasteiger partial charge in [0.1, 0.15) is 10.8 Å². The van der Waals surface area contributed by atoms with Crippen molar-refractivity contribution in [3.63, 3.8) is 0 Å². The van der Waals surface area contributed by atoms with Crippen LogP contribution in [0.25, 0.3) is 16.9 Å². The van der Waals surface area contributed by atoms with E-state index in [4.69, 9.17) is 16.3 Å². The van der Waals surface area contributed by atoms with Gasteiger partial charge in [-0.15, -0.1) is 0 Å². The molecule has 22 heavy (non-hydrogen) atoms. The van der Waals surface area contributed by atoms with Crippen LogP contribution >= 0.6 is 11.6 Å². The molecular weight excluding hydrogens is 304 g/mol. The first-order valence-corrected chi connectivity index (χ1v) is 7.12. The monoisotopic (exact) mass is 316 g/mol. The molecule has 0 unspecified atom stereocenters. The van der Waals surface area contributed by atoms with Gasteiger partial charge in [-0.1, -0.05) is 11.6 Å². The maximum absolute atomic E-state index is 12.3. The number of nitrogens with zero attached hydrogens (tertiary/aromatic N) is 4. The number of hydrogen-bond acceptors (Lipinski definition) is 5. The molecule has 0 saturated heterocycles. The van der Waals surface area contributed by atoms with E-state index in [0.717, 1.165) is 11.1 Å². The fourth-order valence-corrected chi connectivity index (χ4v) is 2.32. The average Bonchev–Trinajstić information content (AvgIpc) is 2.86. The van der Waals surface area contributed by atoms with E-state index in [9.17, 15) is 4.79 Å². The minimum Gasteiger partial charge on any atom is -0.461 e. The zero-order chi connectivity index (χ0) is 15.7. The SMILES string of the molecule is CCOC(=O)c1c(-c2cncc(C)c2)nc2ccc(Cl)nn12. The summed E-state index contributed by atoms with van der Waals surface area (Å²) in [5, 5.41) is 4.41. The lowest BCUT2D eigenvalue weighted by molar-refractivity contribution is 0.0518. The van der Waals surface area contributed by atoms with E-state index in [1.54, 1.807) is 31.5 Å². The molecule has 0 N–H and O–H groups in total. The Balaban J connectivity index is 2.29. The van der Waals surface area contributed by atoms with Crippen LogP contribution in [0, 0.1) is 6.92 Å². The Bertz CT molecular complexity index is 860. The van der Waals surface area contributed by atoms with Gasteiger partial charge in [0, 0.05) is 18.0 Å². The maximum Gasteiger partial charge on any atom is 0.359 e. The lowest BCUT2D eigenvalue weighted by Gasteiger charge is -2.04. The van der Waals surface area contributed by atoms with E-state index in [-0.39, 0.29) is 17.5 Å². The molecule has 0 radical (unpaired) electrons. The van der Waals surface area contributed by atoms with E-state index >= 15 is 0 Å². The quantitative estimate of drug-likeness (QED) is 0.695. The number of rotatable bonds is 3. The molecule has 3 aromatic heterocycles. The molecule has 0 spiro atoms. The van der Waals surface area contributed by atoms with Crippen LogP contribution in [-0.2, 0) is 4.74 Å². The van der Waals surface area contributed by atoms with E-state index in [0.29, 0.717) is 11.3 Å². The zero-order valence-corrected chi connectivity index (χ0v) is 12.8. The molecule has 0 aliphatic carbocycles. The van der Waals surface area contributed by atoms with E-state index in [2.05, 4.69) is 15.1 Å². The van der Waals surface area contributed by atoms with Gasteiger partial charge in [0.25, 0.3) is 0 Å². The summed E-state index contributed by atoms with van der Waals surface area (Å²) < 4.78 is 6.52. The number of aryl methyl sites for hydroxylation is 1. The number of ether oxygens (including phenoxy) is 1. The second-order valence-corrected chi connectivity index (χ2v) is 5.09. The summed E-state index contributed by atoms with van der Waals surface area (Å²) in [7, 11) is 0. The van der Waals surface area contributed by atoms with Crippen LogP contribution in [0.4, 0.5) is 0 Å². The first-order chi connectivity index (χ1) is 10.6. The molecule has 0 fully saturated rings. The first kappa shape index (κ1) is 14.5. The molecule has 0 amide bonds. The van der Waals surface area contributed by atoms with Gasteiger partial charge < -0.3 is 4.74 Å². The highest BCUT2D eigenvalue weighted by molar-refractivity contribution is 6.29. The Morgan fingerprint density at radius 1 is 1.36 bits per heavy atom. The maximum atomic E-state index is 12.3. The van der Waals surface area contributed by atoms with Crippen LogP contribution in [-0.4, -0.2) is 32.2 Å². The molecule has 7 heteroatoms. The van der Waals surface area contributed by atoms with Gasteiger partial charge in [0.2, 0.25) is 0 Å². The van der Waals surface area contributed by atoms with Crippen LogP contribution in [0.1, 0.15) is 23.0 Å². The summed E-state index contributed by atoms with van der Waals surface area (Å²) in [4.78, 5) is 20.9. The van der Waals surface area contributed by atoms with Crippen molar-refractivity contribution in [2.75, 3.05) is 6.61 Å². The predicted molar refractivity (Wildman–Crippen MR) is 81.9 cm³/mol. The Morgan fingerprint density at radius 2 is 2.18 bits per heavy atom. The Morgan fingerprint density at radius 3 is 2.91 bits per heavy atom. The van der Waals surface area contributed by atoms with Crippen LogP contribution in [0.2, 0.25) is 5.15 Å². The summed E-state index contributed by atoms with van der Waals surface area (Å²) in [6, 6.07) is 5.22. The molecule has 3 rings (SSSR count). The number of carbonyl (C=O) groups excluding carboxylic acids is 1. The molecule has 0 atom stereocenters. The fourth-order valence-electron chi connectivity index (χ4n) is 2.18. The van der Waals surface area contributed by atoms with Gasteiger partial charge in [0.15, 0.2) is 11.3 Å². The van der Waals surface area contributed by atoms with Crippen LogP contribution in [0.3, 0.4) is 0 Å². The molecule has 0 saturated carbocycles. The highest BCUT2D eigenvalue weighted by Gasteiger charge is 2.23. The number of halogens is 1. The zero-order valence-electron chi connectivity index (χ0n) is 12.1. The van der Waals surface area contributed by atoms with Gasteiger partial charge in [-0.2, -0.15) is 5.10 Å². The third-order valence-electron chi connectivity index (χ3n) is 3.06. The van der Waals surface area contributed by atoms with Crippen molar-refractivity contribution < 1.29 is 9.53 Å². The largest absolute Gasteiger partial charge is 0.461 e. The number of carbonyl (C=O) groups is 1.